The van der Waals surface area contributed by atoms with Crippen LogP contribution in [0.4, 0.5) is 0 Å². The van der Waals surface area contributed by atoms with Gasteiger partial charge in [-0.15, -0.1) is 22.7 Å². The Balaban J connectivity index is 1.61. The Morgan fingerprint density at radius 3 is 1.61 bits per heavy atom. The van der Waals surface area contributed by atoms with E-state index in [2.05, 4.69) is 57.6 Å². The summed E-state index contributed by atoms with van der Waals surface area (Å²) < 4.78 is 21.5. The van der Waals surface area contributed by atoms with Gasteiger partial charge in [-0.3, -0.25) is 0 Å². The number of rotatable bonds is 12. The predicted octanol–water partition coefficient (Wildman–Crippen LogP) is 8.29. The van der Waals surface area contributed by atoms with Gasteiger partial charge in [0.15, 0.2) is 0 Å². The van der Waals surface area contributed by atoms with Crippen molar-refractivity contribution in [2.24, 2.45) is 0 Å². The maximum absolute atomic E-state index is 6.09. The van der Waals surface area contributed by atoms with Gasteiger partial charge in [0, 0.05) is 11.1 Å². The highest BCUT2D eigenvalue weighted by molar-refractivity contribution is 7.14. The molecule has 0 fully saturated rings. The van der Waals surface area contributed by atoms with Gasteiger partial charge in [-0.2, -0.15) is 8.75 Å². The van der Waals surface area contributed by atoms with Gasteiger partial charge in [0.25, 0.3) is 0 Å². The second-order valence-electron chi connectivity index (χ2n) is 7.46. The van der Waals surface area contributed by atoms with Crippen molar-refractivity contribution in [1.82, 2.24) is 8.75 Å². The minimum absolute atomic E-state index is 0.752. The summed E-state index contributed by atoms with van der Waals surface area (Å²) in [5.41, 5.74) is 4.06. The normalized spacial score (nSPS) is 11.3. The lowest BCUT2D eigenvalue weighted by Gasteiger charge is -2.10. The van der Waals surface area contributed by atoms with Crippen molar-refractivity contribution >= 4 is 45.4 Å². The molecule has 4 nitrogen and oxygen atoms in total. The van der Waals surface area contributed by atoms with Crippen LogP contribution >= 0.6 is 34.4 Å². The Labute approximate surface area is 196 Å². The number of ether oxygens (including phenoxy) is 2. The van der Waals surface area contributed by atoms with E-state index in [1.165, 1.54) is 37.4 Å². The molecule has 0 bridgehead atoms. The second kappa shape index (κ2) is 11.1. The fourth-order valence-corrected chi connectivity index (χ4v) is 5.82. The zero-order chi connectivity index (χ0) is 21.5. The number of hydrogen-bond donors (Lipinski definition) is 0. The summed E-state index contributed by atoms with van der Waals surface area (Å²) in [6.07, 6.45) is 6.94. The van der Waals surface area contributed by atoms with Gasteiger partial charge in [0.1, 0.15) is 22.5 Å². The Morgan fingerprint density at radius 1 is 0.677 bits per heavy atom. The molecule has 0 aliphatic carbocycles. The van der Waals surface area contributed by atoms with Crippen molar-refractivity contribution in [1.29, 1.82) is 0 Å². The van der Waals surface area contributed by atoms with E-state index in [1.54, 1.807) is 22.7 Å². The number of hydrogen-bond acceptors (Lipinski definition) is 7. The summed E-state index contributed by atoms with van der Waals surface area (Å²) in [4.78, 5) is 2.26. The Bertz CT molecular complexity index is 1020. The van der Waals surface area contributed by atoms with Crippen LogP contribution in [0, 0.1) is 0 Å². The predicted molar refractivity (Wildman–Crippen MR) is 134 cm³/mol. The third-order valence-corrected chi connectivity index (χ3v) is 7.56. The van der Waals surface area contributed by atoms with Crippen LogP contribution in [0.5, 0.6) is 11.5 Å². The molecule has 4 aromatic rings. The van der Waals surface area contributed by atoms with Crippen molar-refractivity contribution in [3.63, 3.8) is 0 Å². The molecule has 164 valence electrons. The summed E-state index contributed by atoms with van der Waals surface area (Å²) in [5, 5.41) is 4.18. The third-order valence-electron chi connectivity index (χ3n) is 5.17. The lowest BCUT2D eigenvalue weighted by molar-refractivity contribution is 0.308. The quantitative estimate of drug-likeness (QED) is 0.195. The van der Waals surface area contributed by atoms with E-state index >= 15 is 0 Å². The molecule has 4 rings (SSSR count). The number of thiophene rings is 2. The standard InChI is InChI=1S/C24H28N2O2S3/c1-3-5-7-13-27-19-11-15-29-23(19)17-9-10-18(22-21(17)25-31-26-22)24-20(12-16-30-24)28-14-8-6-4-2/h9-12,15-16H,3-8,13-14H2,1-2H3. The largest absolute Gasteiger partial charge is 0.492 e. The van der Waals surface area contributed by atoms with E-state index in [4.69, 9.17) is 9.47 Å². The average molecular weight is 473 g/mol. The molecule has 3 heterocycles. The minimum Gasteiger partial charge on any atom is -0.492 e. The van der Waals surface area contributed by atoms with Crippen LogP contribution in [0.15, 0.2) is 35.0 Å². The molecule has 1 aromatic carbocycles. The number of benzene rings is 1. The summed E-state index contributed by atoms with van der Waals surface area (Å²) >= 11 is 4.66. The Kier molecular flexibility index (Phi) is 7.94. The van der Waals surface area contributed by atoms with Gasteiger partial charge in [-0.1, -0.05) is 51.7 Å². The highest BCUT2D eigenvalue weighted by Gasteiger charge is 2.19. The van der Waals surface area contributed by atoms with E-state index in [-0.39, 0.29) is 0 Å². The molecule has 0 amide bonds. The first-order valence-corrected chi connectivity index (χ1v) is 13.5. The molecule has 0 aliphatic rings. The summed E-state index contributed by atoms with van der Waals surface area (Å²) in [7, 11) is 0. The van der Waals surface area contributed by atoms with E-state index < -0.39 is 0 Å². The number of aromatic nitrogens is 2. The SMILES string of the molecule is CCCCCOc1ccsc1-c1ccc(-c2sccc2OCCCCC)c2nsnc12. The number of unbranched alkanes of at least 4 members (excludes halogenated alkanes) is 4. The molecule has 0 N–H and O–H groups in total. The van der Waals surface area contributed by atoms with Crippen molar-refractivity contribution < 1.29 is 9.47 Å². The fraction of sp³-hybridized carbons (Fsp3) is 0.417. The highest BCUT2D eigenvalue weighted by atomic mass is 32.1. The molecule has 0 saturated heterocycles. The van der Waals surface area contributed by atoms with Crippen molar-refractivity contribution in [2.75, 3.05) is 13.2 Å². The smallest absolute Gasteiger partial charge is 0.137 e. The molecule has 0 saturated carbocycles. The van der Waals surface area contributed by atoms with E-state index in [9.17, 15) is 0 Å². The minimum atomic E-state index is 0.752. The molecule has 0 radical (unpaired) electrons. The van der Waals surface area contributed by atoms with Crippen molar-refractivity contribution in [3.05, 3.63) is 35.0 Å². The molecule has 0 aliphatic heterocycles. The molecule has 31 heavy (non-hydrogen) atoms. The van der Waals surface area contributed by atoms with Crippen LogP contribution < -0.4 is 9.47 Å². The summed E-state index contributed by atoms with van der Waals surface area (Å²) in [6.45, 7) is 5.92. The zero-order valence-electron chi connectivity index (χ0n) is 18.1. The van der Waals surface area contributed by atoms with E-state index in [1.807, 2.05) is 0 Å². The molecule has 0 atom stereocenters. The average Bonchev–Trinajstić information content (AvgIpc) is 3.54. The first-order valence-electron chi connectivity index (χ1n) is 11.0. The molecule has 3 aromatic heterocycles. The van der Waals surface area contributed by atoms with Crippen LogP contribution in [0.2, 0.25) is 0 Å². The van der Waals surface area contributed by atoms with Gasteiger partial charge in [-0.05, 0) is 35.7 Å². The summed E-state index contributed by atoms with van der Waals surface area (Å²) in [6, 6.07) is 8.44. The maximum atomic E-state index is 6.09. The molecule has 0 unspecified atom stereocenters. The van der Waals surface area contributed by atoms with Crippen LogP contribution in [-0.4, -0.2) is 22.0 Å². The molecular weight excluding hydrogens is 444 g/mol. The number of nitrogens with zero attached hydrogens (tertiary/aromatic N) is 2. The van der Waals surface area contributed by atoms with Crippen LogP contribution in [0.25, 0.3) is 31.9 Å². The molecule has 7 heteroatoms. The van der Waals surface area contributed by atoms with Gasteiger partial charge in [0.2, 0.25) is 0 Å². The summed E-state index contributed by atoms with van der Waals surface area (Å²) in [5.74, 6) is 1.89. The van der Waals surface area contributed by atoms with Crippen LogP contribution in [0.1, 0.15) is 52.4 Å². The monoisotopic (exact) mass is 472 g/mol. The first kappa shape index (κ1) is 22.2. The van der Waals surface area contributed by atoms with E-state index in [0.29, 0.717) is 0 Å². The topological polar surface area (TPSA) is 44.2 Å². The lowest BCUT2D eigenvalue weighted by Crippen LogP contribution is -1.97. The van der Waals surface area contributed by atoms with Gasteiger partial charge >= 0.3 is 0 Å². The maximum Gasteiger partial charge on any atom is 0.137 e. The van der Waals surface area contributed by atoms with Crippen molar-refractivity contribution in [3.8, 4) is 32.4 Å². The fourth-order valence-electron chi connectivity index (χ4n) is 3.52. The lowest BCUT2D eigenvalue weighted by atomic mass is 10.1. The van der Waals surface area contributed by atoms with E-state index in [0.717, 1.165) is 69.5 Å². The number of fused-ring (bicyclic) bond motifs is 1. The van der Waals surface area contributed by atoms with Gasteiger partial charge in [0.05, 0.1) is 34.7 Å². The Morgan fingerprint density at radius 2 is 1.16 bits per heavy atom. The van der Waals surface area contributed by atoms with Crippen LogP contribution in [-0.2, 0) is 0 Å². The second-order valence-corrected chi connectivity index (χ2v) is 9.82. The van der Waals surface area contributed by atoms with Gasteiger partial charge in [-0.25, -0.2) is 0 Å². The molecule has 0 spiro atoms. The Hall–Kier alpha value is -1.96. The van der Waals surface area contributed by atoms with Crippen molar-refractivity contribution in [2.45, 2.75) is 52.4 Å². The molecular formula is C24H28N2O2S3. The van der Waals surface area contributed by atoms with Crippen LogP contribution in [0.3, 0.4) is 0 Å². The zero-order valence-corrected chi connectivity index (χ0v) is 20.5. The first-order chi connectivity index (χ1) is 15.3. The highest BCUT2D eigenvalue weighted by Crippen LogP contribution is 2.44. The van der Waals surface area contributed by atoms with Gasteiger partial charge < -0.3 is 9.47 Å². The third kappa shape index (κ3) is 5.10.